The Morgan fingerprint density at radius 1 is 1.06 bits per heavy atom. The van der Waals surface area contributed by atoms with Crippen LogP contribution in [0.5, 0.6) is 0 Å². The van der Waals surface area contributed by atoms with E-state index in [0.717, 1.165) is 16.7 Å². The Labute approximate surface area is 105 Å². The number of pyridine rings is 1. The van der Waals surface area contributed by atoms with Gasteiger partial charge in [0.15, 0.2) is 0 Å². The number of aromatic nitrogens is 1. The normalized spacial score (nSPS) is 10.2. The topological polar surface area (TPSA) is 61.7 Å². The first-order valence-electron chi connectivity index (χ1n) is 5.58. The molecule has 0 saturated carbocycles. The maximum absolute atomic E-state index is 8.15. The second-order valence-corrected chi connectivity index (χ2v) is 3.67. The van der Waals surface area contributed by atoms with Gasteiger partial charge in [0.25, 0.3) is 0 Å². The Hall–Kier alpha value is -2.58. The average Bonchev–Trinajstić information content (AvgIpc) is 2.45. The molecule has 0 aliphatic heterocycles. The van der Waals surface area contributed by atoms with Crippen molar-refractivity contribution in [3.8, 4) is 11.1 Å². The quantitative estimate of drug-likeness (QED) is 0.448. The van der Waals surface area contributed by atoms with E-state index in [1.807, 2.05) is 36.4 Å². The van der Waals surface area contributed by atoms with E-state index >= 15 is 0 Å². The summed E-state index contributed by atoms with van der Waals surface area (Å²) in [6, 6.07) is 12.1. The molecule has 0 aliphatic rings. The maximum atomic E-state index is 8.15. The largest absolute Gasteiger partial charge is 0.265 e. The molecular weight excluding hydrogens is 224 g/mol. The predicted molar refractivity (Wildman–Crippen MR) is 72.7 cm³/mol. The third-order valence-corrected chi connectivity index (χ3v) is 2.48. The van der Waals surface area contributed by atoms with Crippen LogP contribution in [-0.4, -0.2) is 11.5 Å². The lowest BCUT2D eigenvalue weighted by Crippen LogP contribution is -1.79. The molecule has 0 radical (unpaired) electrons. The predicted octanol–water partition coefficient (Wildman–Crippen LogP) is 4.07. The van der Waals surface area contributed by atoms with Crippen LogP contribution >= 0.6 is 0 Å². The van der Waals surface area contributed by atoms with Gasteiger partial charge in [-0.25, -0.2) is 0 Å². The van der Waals surface area contributed by atoms with Crippen LogP contribution < -0.4 is 0 Å². The van der Waals surface area contributed by atoms with Gasteiger partial charge in [-0.15, -0.1) is 0 Å². The number of benzene rings is 1. The first-order chi connectivity index (χ1) is 8.90. The molecule has 0 atom stereocenters. The molecule has 0 fully saturated rings. The fourth-order valence-electron chi connectivity index (χ4n) is 1.60. The summed E-state index contributed by atoms with van der Waals surface area (Å²) in [6.45, 7) is 0.378. The molecule has 1 aromatic heterocycles. The number of nitrogens with zero attached hydrogens (tertiary/aromatic N) is 4. The summed E-state index contributed by atoms with van der Waals surface area (Å²) in [5.74, 6) is 0. The monoisotopic (exact) mass is 236 g/mol. The smallest absolute Gasteiger partial charge is 0.0443 e. The lowest BCUT2D eigenvalue weighted by atomic mass is 10.1. The summed E-state index contributed by atoms with van der Waals surface area (Å²) in [4.78, 5) is 6.68. The molecular formula is C14H12N4. The summed E-state index contributed by atoms with van der Waals surface area (Å²) in [7, 11) is 0. The van der Waals surface area contributed by atoms with Crippen molar-refractivity contribution >= 4 is 6.08 Å². The Bertz CT molecular complexity index is 567. The van der Waals surface area contributed by atoms with Crippen molar-refractivity contribution in [3.05, 3.63) is 70.9 Å². The van der Waals surface area contributed by atoms with E-state index in [9.17, 15) is 0 Å². The van der Waals surface area contributed by atoms with Crippen LogP contribution in [-0.2, 0) is 0 Å². The van der Waals surface area contributed by atoms with Gasteiger partial charge >= 0.3 is 0 Å². The van der Waals surface area contributed by atoms with E-state index in [4.69, 9.17) is 5.53 Å². The van der Waals surface area contributed by atoms with Crippen molar-refractivity contribution in [3.63, 3.8) is 0 Å². The van der Waals surface area contributed by atoms with E-state index in [1.165, 1.54) is 0 Å². The first kappa shape index (κ1) is 11.9. The van der Waals surface area contributed by atoms with E-state index < -0.39 is 0 Å². The fraction of sp³-hybridized carbons (Fsp3) is 0.0714. The second-order valence-electron chi connectivity index (χ2n) is 3.67. The number of azide groups is 1. The number of rotatable bonds is 4. The highest BCUT2D eigenvalue weighted by molar-refractivity contribution is 5.65. The Morgan fingerprint density at radius 2 is 1.72 bits per heavy atom. The third kappa shape index (κ3) is 3.20. The lowest BCUT2D eigenvalue weighted by molar-refractivity contribution is 1.22. The molecule has 4 nitrogen and oxygen atoms in total. The summed E-state index contributed by atoms with van der Waals surface area (Å²) in [6.07, 6.45) is 7.33. The summed E-state index contributed by atoms with van der Waals surface area (Å²) >= 11 is 0. The highest BCUT2D eigenvalue weighted by atomic mass is 15.1. The summed E-state index contributed by atoms with van der Waals surface area (Å²) in [5, 5.41) is 3.44. The zero-order valence-corrected chi connectivity index (χ0v) is 9.77. The number of hydrogen-bond donors (Lipinski definition) is 0. The van der Waals surface area contributed by atoms with Gasteiger partial charge in [-0.1, -0.05) is 41.5 Å². The van der Waals surface area contributed by atoms with Gasteiger partial charge < -0.3 is 0 Å². The molecule has 2 rings (SSSR count). The molecule has 1 heterocycles. The van der Waals surface area contributed by atoms with Gasteiger partial charge in [0.1, 0.15) is 0 Å². The molecule has 0 N–H and O–H groups in total. The molecule has 0 spiro atoms. The Balaban J connectivity index is 2.11. The summed E-state index contributed by atoms with van der Waals surface area (Å²) in [5.41, 5.74) is 11.5. The molecule has 4 heteroatoms. The van der Waals surface area contributed by atoms with Crippen molar-refractivity contribution in [2.45, 2.75) is 0 Å². The van der Waals surface area contributed by atoms with E-state index in [0.29, 0.717) is 6.54 Å². The second kappa shape index (κ2) is 6.23. The molecule has 2 aromatic rings. The highest BCUT2D eigenvalue weighted by Gasteiger charge is 1.95. The molecule has 1 aromatic carbocycles. The molecule has 18 heavy (non-hydrogen) atoms. The Kier molecular flexibility index (Phi) is 4.11. The fourth-order valence-corrected chi connectivity index (χ4v) is 1.60. The zero-order chi connectivity index (χ0) is 12.6. The Morgan fingerprint density at radius 3 is 2.39 bits per heavy atom. The first-order valence-corrected chi connectivity index (χ1v) is 5.58. The molecule has 0 aliphatic carbocycles. The van der Waals surface area contributed by atoms with E-state index in [2.05, 4.69) is 27.1 Å². The van der Waals surface area contributed by atoms with Crippen LogP contribution in [0.3, 0.4) is 0 Å². The molecule has 0 saturated heterocycles. The molecule has 0 unspecified atom stereocenters. The standard InChI is InChI=1S/C14H12N4/c15-18-17-9-1-2-12-3-5-13(6-4-12)14-7-10-16-11-8-14/h1-8,10-11H,9H2. The highest BCUT2D eigenvalue weighted by Crippen LogP contribution is 2.18. The minimum absolute atomic E-state index is 0.378. The minimum atomic E-state index is 0.378. The van der Waals surface area contributed by atoms with Crippen molar-refractivity contribution in [1.82, 2.24) is 4.98 Å². The van der Waals surface area contributed by atoms with Crippen molar-refractivity contribution in [2.75, 3.05) is 6.54 Å². The van der Waals surface area contributed by atoms with Gasteiger partial charge in [0.05, 0.1) is 0 Å². The van der Waals surface area contributed by atoms with Gasteiger partial charge in [-0.3, -0.25) is 4.98 Å². The van der Waals surface area contributed by atoms with Gasteiger partial charge in [0, 0.05) is 23.9 Å². The van der Waals surface area contributed by atoms with Crippen molar-refractivity contribution in [2.24, 2.45) is 5.11 Å². The lowest BCUT2D eigenvalue weighted by Gasteiger charge is -2.01. The van der Waals surface area contributed by atoms with Gasteiger partial charge in [-0.05, 0) is 34.4 Å². The molecule has 0 amide bonds. The van der Waals surface area contributed by atoms with Crippen LogP contribution in [0.1, 0.15) is 5.56 Å². The molecule has 88 valence electrons. The van der Waals surface area contributed by atoms with Crippen molar-refractivity contribution in [1.29, 1.82) is 0 Å². The van der Waals surface area contributed by atoms with Gasteiger partial charge in [0.2, 0.25) is 0 Å². The van der Waals surface area contributed by atoms with Crippen LogP contribution in [0.2, 0.25) is 0 Å². The van der Waals surface area contributed by atoms with Crippen LogP contribution in [0.15, 0.2) is 60.0 Å². The van der Waals surface area contributed by atoms with Crippen LogP contribution in [0.25, 0.3) is 27.6 Å². The van der Waals surface area contributed by atoms with Crippen molar-refractivity contribution < 1.29 is 0 Å². The average molecular weight is 236 g/mol. The maximum Gasteiger partial charge on any atom is 0.0443 e. The zero-order valence-electron chi connectivity index (χ0n) is 9.77. The van der Waals surface area contributed by atoms with E-state index in [-0.39, 0.29) is 0 Å². The number of hydrogen-bond acceptors (Lipinski definition) is 2. The van der Waals surface area contributed by atoms with Gasteiger partial charge in [-0.2, -0.15) is 0 Å². The van der Waals surface area contributed by atoms with E-state index in [1.54, 1.807) is 12.4 Å². The molecule has 0 bridgehead atoms. The van der Waals surface area contributed by atoms with Crippen LogP contribution in [0, 0.1) is 0 Å². The minimum Gasteiger partial charge on any atom is -0.265 e. The summed E-state index contributed by atoms with van der Waals surface area (Å²) < 4.78 is 0. The third-order valence-electron chi connectivity index (χ3n) is 2.48. The SMILES string of the molecule is [N-]=[N+]=NCC=Cc1ccc(-c2ccncc2)cc1. The van der Waals surface area contributed by atoms with Crippen LogP contribution in [0.4, 0.5) is 0 Å².